The van der Waals surface area contributed by atoms with Crippen LogP contribution in [-0.2, 0) is 11.3 Å². The fourth-order valence-corrected chi connectivity index (χ4v) is 0.986. The van der Waals surface area contributed by atoms with Gasteiger partial charge in [-0.05, 0) is 6.42 Å². The number of hydrogen-bond donors (Lipinski definition) is 1. The summed E-state index contributed by atoms with van der Waals surface area (Å²) in [5, 5.41) is 7.18. The topological polar surface area (TPSA) is 39.1 Å². The molecule has 0 aliphatic rings. The van der Waals surface area contributed by atoms with Gasteiger partial charge in [-0.15, -0.1) is 0 Å². The molecule has 0 aromatic carbocycles. The average Bonchev–Trinajstić information content (AvgIpc) is 2.53. The highest BCUT2D eigenvalue weighted by molar-refractivity contribution is 5.36. The number of methoxy groups -OCH3 is 1. The number of rotatable bonds is 5. The van der Waals surface area contributed by atoms with Crippen molar-refractivity contribution in [2.75, 3.05) is 26.1 Å². The highest BCUT2D eigenvalue weighted by Gasteiger charge is 1.94. The van der Waals surface area contributed by atoms with Gasteiger partial charge in [0, 0.05) is 33.5 Å². The normalized spacial score (nSPS) is 10.2. The van der Waals surface area contributed by atoms with Crippen molar-refractivity contribution in [3.63, 3.8) is 0 Å². The summed E-state index contributed by atoms with van der Waals surface area (Å²) in [6.07, 6.45) is 4.80. The summed E-state index contributed by atoms with van der Waals surface area (Å²) in [6.45, 7) is 1.70. The number of aromatic nitrogens is 2. The first-order valence-electron chi connectivity index (χ1n) is 4.06. The van der Waals surface area contributed by atoms with E-state index < -0.39 is 0 Å². The number of aryl methyl sites for hydroxylation is 1. The van der Waals surface area contributed by atoms with Gasteiger partial charge in [0.2, 0.25) is 0 Å². The van der Waals surface area contributed by atoms with Crippen LogP contribution in [0.25, 0.3) is 0 Å². The van der Waals surface area contributed by atoms with Crippen molar-refractivity contribution in [1.29, 1.82) is 0 Å². The molecule has 1 N–H and O–H groups in total. The van der Waals surface area contributed by atoms with Crippen LogP contribution < -0.4 is 5.32 Å². The summed E-state index contributed by atoms with van der Waals surface area (Å²) in [7, 11) is 3.60. The minimum Gasteiger partial charge on any atom is -0.386 e. The van der Waals surface area contributed by atoms with Gasteiger partial charge < -0.3 is 10.1 Å². The number of hydrogen-bond acceptors (Lipinski definition) is 3. The Morgan fingerprint density at radius 1 is 1.67 bits per heavy atom. The van der Waals surface area contributed by atoms with Crippen LogP contribution in [0.15, 0.2) is 12.4 Å². The van der Waals surface area contributed by atoms with E-state index in [0.717, 1.165) is 25.3 Å². The van der Waals surface area contributed by atoms with E-state index in [9.17, 15) is 0 Å². The maximum absolute atomic E-state index is 4.94. The predicted octanol–water partition coefficient (Wildman–Crippen LogP) is 0.961. The summed E-state index contributed by atoms with van der Waals surface area (Å²) in [5.41, 5.74) is 1.05. The van der Waals surface area contributed by atoms with Crippen LogP contribution in [0.4, 0.5) is 5.69 Å². The van der Waals surface area contributed by atoms with Gasteiger partial charge in [-0.3, -0.25) is 4.68 Å². The monoisotopic (exact) mass is 169 g/mol. The van der Waals surface area contributed by atoms with Crippen molar-refractivity contribution < 1.29 is 4.74 Å². The summed E-state index contributed by atoms with van der Waals surface area (Å²) in [5.74, 6) is 0. The van der Waals surface area contributed by atoms with Crippen LogP contribution in [-0.4, -0.2) is 30.5 Å². The average molecular weight is 169 g/mol. The van der Waals surface area contributed by atoms with E-state index in [1.807, 2.05) is 24.1 Å². The molecule has 0 amide bonds. The molecule has 4 nitrogen and oxygen atoms in total. The Bertz CT molecular complexity index is 222. The van der Waals surface area contributed by atoms with E-state index >= 15 is 0 Å². The van der Waals surface area contributed by atoms with Crippen molar-refractivity contribution in [3.05, 3.63) is 12.4 Å². The van der Waals surface area contributed by atoms with Crippen molar-refractivity contribution >= 4 is 5.69 Å². The molecule has 0 unspecified atom stereocenters. The third-order valence-corrected chi connectivity index (χ3v) is 1.66. The van der Waals surface area contributed by atoms with Gasteiger partial charge in [-0.1, -0.05) is 0 Å². The lowest BCUT2D eigenvalue weighted by Gasteiger charge is -1.99. The largest absolute Gasteiger partial charge is 0.386 e. The summed E-state index contributed by atoms with van der Waals surface area (Å²) >= 11 is 0. The molecule has 1 heterocycles. The van der Waals surface area contributed by atoms with Gasteiger partial charge in [-0.2, -0.15) is 5.10 Å². The molecule has 0 radical (unpaired) electrons. The van der Waals surface area contributed by atoms with Gasteiger partial charge in [0.1, 0.15) is 0 Å². The zero-order valence-electron chi connectivity index (χ0n) is 7.58. The Balaban J connectivity index is 2.31. The van der Waals surface area contributed by atoms with E-state index in [2.05, 4.69) is 10.4 Å². The molecule has 0 aliphatic heterocycles. The molecule has 0 saturated carbocycles. The highest BCUT2D eigenvalue weighted by Crippen LogP contribution is 2.02. The van der Waals surface area contributed by atoms with Crippen molar-refractivity contribution in [3.8, 4) is 0 Å². The second kappa shape index (κ2) is 4.77. The number of anilines is 1. The smallest absolute Gasteiger partial charge is 0.0723 e. The fraction of sp³-hybridized carbons (Fsp3) is 0.625. The highest BCUT2D eigenvalue weighted by atomic mass is 16.5. The SMILES string of the molecule is CNc1cnn(CCCOC)c1. The quantitative estimate of drug-likeness (QED) is 0.667. The van der Waals surface area contributed by atoms with Gasteiger partial charge in [0.15, 0.2) is 0 Å². The lowest BCUT2D eigenvalue weighted by molar-refractivity contribution is 0.189. The van der Waals surface area contributed by atoms with Gasteiger partial charge >= 0.3 is 0 Å². The molecule has 0 fully saturated rings. The Kier molecular flexibility index (Phi) is 3.60. The summed E-state index contributed by atoms with van der Waals surface area (Å²) in [6, 6.07) is 0. The maximum Gasteiger partial charge on any atom is 0.0723 e. The Hall–Kier alpha value is -1.03. The molecule has 1 aromatic heterocycles. The first-order valence-corrected chi connectivity index (χ1v) is 4.06. The van der Waals surface area contributed by atoms with Crippen molar-refractivity contribution in [1.82, 2.24) is 9.78 Å². The molecule has 4 heteroatoms. The van der Waals surface area contributed by atoms with Crippen molar-refractivity contribution in [2.24, 2.45) is 0 Å². The van der Waals surface area contributed by atoms with E-state index in [1.54, 1.807) is 7.11 Å². The Morgan fingerprint density at radius 2 is 2.50 bits per heavy atom. The first kappa shape index (κ1) is 9.06. The minimum atomic E-state index is 0.786. The predicted molar refractivity (Wildman–Crippen MR) is 48.3 cm³/mol. The van der Waals surface area contributed by atoms with Crippen LogP contribution in [0.2, 0.25) is 0 Å². The molecule has 12 heavy (non-hydrogen) atoms. The molecule has 1 aromatic rings. The molecule has 0 aliphatic carbocycles. The van der Waals surface area contributed by atoms with Crippen LogP contribution in [0.5, 0.6) is 0 Å². The molecule has 68 valence electrons. The molecule has 0 saturated heterocycles. The number of ether oxygens (including phenoxy) is 1. The standard InChI is InChI=1S/C8H15N3O/c1-9-8-6-10-11(7-8)4-3-5-12-2/h6-7,9H,3-5H2,1-2H3. The third kappa shape index (κ3) is 2.54. The Morgan fingerprint density at radius 3 is 3.08 bits per heavy atom. The molecular weight excluding hydrogens is 154 g/mol. The zero-order chi connectivity index (χ0) is 8.81. The van der Waals surface area contributed by atoms with Gasteiger partial charge in [0.05, 0.1) is 11.9 Å². The van der Waals surface area contributed by atoms with Crippen LogP contribution in [0.1, 0.15) is 6.42 Å². The fourth-order valence-electron chi connectivity index (χ4n) is 0.986. The molecule has 0 bridgehead atoms. The second-order valence-electron chi connectivity index (χ2n) is 2.59. The zero-order valence-corrected chi connectivity index (χ0v) is 7.58. The van der Waals surface area contributed by atoms with Crippen LogP contribution in [0, 0.1) is 0 Å². The second-order valence-corrected chi connectivity index (χ2v) is 2.59. The van der Waals surface area contributed by atoms with E-state index in [4.69, 9.17) is 4.74 Å². The minimum absolute atomic E-state index is 0.786. The molecular formula is C8H15N3O. The summed E-state index contributed by atoms with van der Waals surface area (Å²) < 4.78 is 6.85. The van der Waals surface area contributed by atoms with Crippen LogP contribution in [0.3, 0.4) is 0 Å². The lowest BCUT2D eigenvalue weighted by Crippen LogP contribution is -2.01. The first-order chi connectivity index (χ1) is 5.86. The number of nitrogens with zero attached hydrogens (tertiary/aromatic N) is 2. The van der Waals surface area contributed by atoms with Crippen LogP contribution >= 0.6 is 0 Å². The molecule has 1 rings (SSSR count). The van der Waals surface area contributed by atoms with E-state index in [1.165, 1.54) is 0 Å². The lowest BCUT2D eigenvalue weighted by atomic mass is 10.4. The summed E-state index contributed by atoms with van der Waals surface area (Å²) in [4.78, 5) is 0. The van der Waals surface area contributed by atoms with E-state index in [0.29, 0.717) is 0 Å². The number of nitrogens with one attached hydrogen (secondary N) is 1. The van der Waals surface area contributed by atoms with E-state index in [-0.39, 0.29) is 0 Å². The maximum atomic E-state index is 4.94. The Labute approximate surface area is 72.5 Å². The van der Waals surface area contributed by atoms with Gasteiger partial charge in [-0.25, -0.2) is 0 Å². The third-order valence-electron chi connectivity index (χ3n) is 1.66. The molecule has 0 spiro atoms. The molecule has 0 atom stereocenters. The van der Waals surface area contributed by atoms with Crippen molar-refractivity contribution in [2.45, 2.75) is 13.0 Å². The van der Waals surface area contributed by atoms with Gasteiger partial charge in [0.25, 0.3) is 0 Å².